The number of allylic oxidation sites excluding steroid dienone is 2. The van der Waals surface area contributed by atoms with Crippen LogP contribution in [0.5, 0.6) is 5.75 Å². The van der Waals surface area contributed by atoms with Crippen molar-refractivity contribution in [2.75, 3.05) is 12.9 Å². The Hall–Kier alpha value is -1.52. The summed E-state index contributed by atoms with van der Waals surface area (Å²) < 4.78 is 5.83. The van der Waals surface area contributed by atoms with Crippen molar-refractivity contribution in [1.29, 1.82) is 0 Å². The standard InChI is InChI=1S/C16H15ClN2OS/c1-21-16-15(17)18-13-8-7-12(9-14(13)19-16)20-10-11-5-3-2-4-6-11/h3,5-9H,2,4,10H2,1H3. The van der Waals surface area contributed by atoms with Crippen LogP contribution in [0.25, 0.3) is 11.0 Å². The molecule has 1 aliphatic rings. The minimum atomic E-state index is 0.446. The highest BCUT2D eigenvalue weighted by Crippen LogP contribution is 2.26. The normalized spacial score (nSPS) is 14.3. The average Bonchev–Trinajstić information content (AvgIpc) is 2.53. The molecule has 0 saturated heterocycles. The maximum atomic E-state index is 6.07. The van der Waals surface area contributed by atoms with E-state index in [1.54, 1.807) is 0 Å². The van der Waals surface area contributed by atoms with Crippen molar-refractivity contribution in [2.24, 2.45) is 0 Å². The fraction of sp³-hybridized carbons (Fsp3) is 0.250. The van der Waals surface area contributed by atoms with Crippen LogP contribution in [0.2, 0.25) is 5.15 Å². The predicted octanol–water partition coefficient (Wildman–Crippen LogP) is 4.66. The Morgan fingerprint density at radius 2 is 2.14 bits per heavy atom. The van der Waals surface area contributed by atoms with Crippen LogP contribution in [-0.2, 0) is 0 Å². The van der Waals surface area contributed by atoms with Crippen molar-refractivity contribution in [3.63, 3.8) is 0 Å². The summed E-state index contributed by atoms with van der Waals surface area (Å²) in [7, 11) is 0. The molecule has 108 valence electrons. The molecule has 3 rings (SSSR count). The molecule has 0 N–H and O–H groups in total. The molecule has 5 heteroatoms. The first-order valence-corrected chi connectivity index (χ1v) is 8.36. The van der Waals surface area contributed by atoms with Crippen molar-refractivity contribution < 1.29 is 4.74 Å². The Balaban J connectivity index is 1.81. The number of hydrogen-bond donors (Lipinski definition) is 0. The molecule has 1 aliphatic carbocycles. The van der Waals surface area contributed by atoms with Crippen LogP contribution in [0.4, 0.5) is 0 Å². The molecule has 1 heterocycles. The quantitative estimate of drug-likeness (QED) is 0.768. The molecule has 1 aromatic heterocycles. The number of halogens is 1. The smallest absolute Gasteiger partial charge is 0.161 e. The lowest BCUT2D eigenvalue weighted by atomic mass is 10.1. The van der Waals surface area contributed by atoms with Gasteiger partial charge in [-0.3, -0.25) is 0 Å². The average molecular weight is 319 g/mol. The van der Waals surface area contributed by atoms with Gasteiger partial charge in [0.15, 0.2) is 5.15 Å². The van der Waals surface area contributed by atoms with Gasteiger partial charge in [-0.1, -0.05) is 29.8 Å². The lowest BCUT2D eigenvalue weighted by Gasteiger charge is -2.10. The van der Waals surface area contributed by atoms with E-state index in [2.05, 4.69) is 28.2 Å². The maximum absolute atomic E-state index is 6.07. The first-order valence-electron chi connectivity index (χ1n) is 6.76. The Morgan fingerprint density at radius 1 is 1.24 bits per heavy atom. The van der Waals surface area contributed by atoms with Gasteiger partial charge in [0.25, 0.3) is 0 Å². The van der Waals surface area contributed by atoms with Gasteiger partial charge >= 0.3 is 0 Å². The summed E-state index contributed by atoms with van der Waals surface area (Å²) in [5.74, 6) is 0.797. The Bertz CT molecular complexity index is 728. The molecular formula is C16H15ClN2OS. The number of thioether (sulfide) groups is 1. The zero-order valence-corrected chi connectivity index (χ0v) is 13.2. The third kappa shape index (κ3) is 3.39. The summed E-state index contributed by atoms with van der Waals surface area (Å²) in [6.07, 6.45) is 10.7. The number of rotatable bonds is 4. The summed E-state index contributed by atoms with van der Waals surface area (Å²) >= 11 is 7.55. The molecule has 0 aliphatic heterocycles. The molecule has 3 nitrogen and oxygen atoms in total. The minimum absolute atomic E-state index is 0.446. The fourth-order valence-corrected chi connectivity index (χ4v) is 2.93. The van der Waals surface area contributed by atoms with Crippen molar-refractivity contribution in [3.8, 4) is 5.75 Å². The van der Waals surface area contributed by atoms with Crippen molar-refractivity contribution >= 4 is 34.4 Å². The van der Waals surface area contributed by atoms with Gasteiger partial charge in [0.05, 0.1) is 11.0 Å². The highest BCUT2D eigenvalue weighted by molar-refractivity contribution is 7.98. The second kappa shape index (κ2) is 6.50. The van der Waals surface area contributed by atoms with Crippen molar-refractivity contribution in [1.82, 2.24) is 9.97 Å². The predicted molar refractivity (Wildman–Crippen MR) is 88.3 cm³/mol. The molecule has 0 unspecified atom stereocenters. The van der Waals surface area contributed by atoms with E-state index in [-0.39, 0.29) is 0 Å². The fourth-order valence-electron chi connectivity index (χ4n) is 2.16. The summed E-state index contributed by atoms with van der Waals surface area (Å²) in [4.78, 5) is 8.85. The molecule has 2 aromatic rings. The highest BCUT2D eigenvalue weighted by atomic mass is 35.5. The maximum Gasteiger partial charge on any atom is 0.161 e. The largest absolute Gasteiger partial charge is 0.489 e. The molecule has 0 bridgehead atoms. The van der Waals surface area contributed by atoms with Crippen LogP contribution in [-0.4, -0.2) is 22.8 Å². The van der Waals surface area contributed by atoms with E-state index < -0.39 is 0 Å². The van der Waals surface area contributed by atoms with Crippen LogP contribution in [0.15, 0.2) is 47.0 Å². The molecule has 0 radical (unpaired) electrons. The van der Waals surface area contributed by atoms with Gasteiger partial charge in [-0.25, -0.2) is 9.97 Å². The molecule has 1 aromatic carbocycles. The Kier molecular flexibility index (Phi) is 4.46. The molecule has 21 heavy (non-hydrogen) atoms. The van der Waals surface area contributed by atoms with E-state index in [9.17, 15) is 0 Å². The lowest BCUT2D eigenvalue weighted by molar-refractivity contribution is 0.355. The molecule has 0 spiro atoms. The molecule has 0 amide bonds. The lowest BCUT2D eigenvalue weighted by Crippen LogP contribution is -2.01. The van der Waals surface area contributed by atoms with E-state index >= 15 is 0 Å². The minimum Gasteiger partial charge on any atom is -0.489 e. The summed E-state index contributed by atoms with van der Waals surface area (Å²) in [6.45, 7) is 0.582. The third-order valence-electron chi connectivity index (χ3n) is 3.23. The van der Waals surface area contributed by atoms with E-state index in [0.717, 1.165) is 34.7 Å². The Morgan fingerprint density at radius 3 is 2.90 bits per heavy atom. The van der Waals surface area contributed by atoms with Crippen molar-refractivity contribution in [3.05, 3.63) is 47.2 Å². The number of benzene rings is 1. The number of aromatic nitrogens is 2. The van der Waals surface area contributed by atoms with Gasteiger partial charge < -0.3 is 4.74 Å². The highest BCUT2D eigenvalue weighted by Gasteiger charge is 2.07. The van der Waals surface area contributed by atoms with Gasteiger partial charge in [0.2, 0.25) is 0 Å². The van der Waals surface area contributed by atoms with Gasteiger partial charge in [-0.15, -0.1) is 11.8 Å². The molecular weight excluding hydrogens is 304 g/mol. The van der Waals surface area contributed by atoms with Crippen LogP contribution in [0.1, 0.15) is 12.8 Å². The SMILES string of the molecule is CSc1nc2cc(OCC3=CCCC=C3)ccc2nc1Cl. The van der Waals surface area contributed by atoms with E-state index in [1.807, 2.05) is 24.5 Å². The second-order valence-corrected chi connectivity index (χ2v) is 5.87. The number of ether oxygens (including phenoxy) is 1. The van der Waals surface area contributed by atoms with Gasteiger partial charge in [-0.05, 0) is 36.8 Å². The van der Waals surface area contributed by atoms with Gasteiger partial charge in [0, 0.05) is 6.07 Å². The first kappa shape index (κ1) is 14.4. The van der Waals surface area contributed by atoms with E-state index in [1.165, 1.54) is 17.3 Å². The molecule has 0 fully saturated rings. The first-order chi connectivity index (χ1) is 10.3. The number of fused-ring (bicyclic) bond motifs is 1. The van der Waals surface area contributed by atoms with Gasteiger partial charge in [0.1, 0.15) is 17.4 Å². The number of nitrogens with zero attached hydrogens (tertiary/aromatic N) is 2. The van der Waals surface area contributed by atoms with Crippen LogP contribution in [0, 0.1) is 0 Å². The number of hydrogen-bond acceptors (Lipinski definition) is 4. The Labute approximate surface area is 133 Å². The summed E-state index contributed by atoms with van der Waals surface area (Å²) in [5.41, 5.74) is 2.80. The van der Waals surface area contributed by atoms with Crippen molar-refractivity contribution in [2.45, 2.75) is 17.9 Å². The monoisotopic (exact) mass is 318 g/mol. The molecule has 0 saturated carbocycles. The zero-order valence-electron chi connectivity index (χ0n) is 11.7. The summed E-state index contributed by atoms with van der Waals surface area (Å²) in [5, 5.41) is 1.18. The van der Waals surface area contributed by atoms with Gasteiger partial charge in [-0.2, -0.15) is 0 Å². The topological polar surface area (TPSA) is 35.0 Å². The second-order valence-electron chi connectivity index (χ2n) is 4.72. The van der Waals surface area contributed by atoms with Crippen LogP contribution >= 0.6 is 23.4 Å². The van der Waals surface area contributed by atoms with Crippen LogP contribution < -0.4 is 4.74 Å². The third-order valence-corrected chi connectivity index (χ3v) is 4.28. The van der Waals surface area contributed by atoms with E-state index in [0.29, 0.717) is 11.8 Å². The van der Waals surface area contributed by atoms with E-state index in [4.69, 9.17) is 16.3 Å². The zero-order chi connectivity index (χ0) is 14.7. The van der Waals surface area contributed by atoms with Crippen LogP contribution in [0.3, 0.4) is 0 Å². The summed E-state index contributed by atoms with van der Waals surface area (Å²) in [6, 6.07) is 5.70. The molecule has 0 atom stereocenters.